The van der Waals surface area contributed by atoms with Crippen LogP contribution >= 0.6 is 11.6 Å². The van der Waals surface area contributed by atoms with Crippen molar-refractivity contribution in [2.24, 2.45) is 0 Å². The second-order valence-corrected chi connectivity index (χ2v) is 4.82. The lowest BCUT2D eigenvalue weighted by Gasteiger charge is -2.03. The van der Waals surface area contributed by atoms with Crippen LogP contribution in [0.5, 0.6) is 0 Å². The maximum atomic E-state index is 11.9. The number of carbonyl (C=O) groups is 1. The number of hydrogen-bond donors (Lipinski definition) is 2. The highest BCUT2D eigenvalue weighted by Gasteiger charge is 2.10. The predicted octanol–water partition coefficient (Wildman–Crippen LogP) is 4.03. The highest BCUT2D eigenvalue weighted by atomic mass is 35.5. The minimum absolute atomic E-state index is 0.304. The van der Waals surface area contributed by atoms with Gasteiger partial charge in [0, 0.05) is 22.8 Å². The number of rotatable bonds is 3. The number of amides is 2. The Morgan fingerprint density at radius 3 is 2.59 bits per heavy atom. The molecule has 0 fully saturated rings. The second kappa shape index (κ2) is 6.28. The maximum Gasteiger partial charge on any atom is 0.326 e. The number of carbonyl (C=O) groups excluding carboxylic acids is 1. The summed E-state index contributed by atoms with van der Waals surface area (Å²) in [7, 11) is 0. The number of benzene rings is 1. The summed E-state index contributed by atoms with van der Waals surface area (Å²) in [5.41, 5.74) is 0.875. The van der Waals surface area contributed by atoms with Gasteiger partial charge < -0.3 is 4.52 Å². The van der Waals surface area contributed by atoms with Gasteiger partial charge in [0.2, 0.25) is 0 Å². The van der Waals surface area contributed by atoms with Crippen molar-refractivity contribution in [1.29, 1.82) is 0 Å². The Balaban J connectivity index is 1.66. The van der Waals surface area contributed by atoms with Gasteiger partial charge >= 0.3 is 6.03 Å². The zero-order chi connectivity index (χ0) is 15.4. The average Bonchev–Trinajstić information content (AvgIpc) is 2.96. The van der Waals surface area contributed by atoms with Crippen molar-refractivity contribution < 1.29 is 9.32 Å². The van der Waals surface area contributed by atoms with Gasteiger partial charge in [-0.1, -0.05) is 47.1 Å². The van der Waals surface area contributed by atoms with Crippen LogP contribution in [0.15, 0.2) is 59.3 Å². The standard InChI is InChI=1S/C15H11ClN4O2/c16-11-6-7-17-13(8-11)18-15(21)19-14-9-12(22-20-14)10-4-2-1-3-5-10/h1-9H,(H2,17,18,19,20,21). The molecule has 22 heavy (non-hydrogen) atoms. The van der Waals surface area contributed by atoms with Gasteiger partial charge in [-0.25, -0.2) is 9.78 Å². The summed E-state index contributed by atoms with van der Waals surface area (Å²) in [4.78, 5) is 15.8. The molecule has 0 aliphatic heterocycles. The summed E-state index contributed by atoms with van der Waals surface area (Å²) in [5.74, 6) is 1.21. The molecule has 3 aromatic rings. The van der Waals surface area contributed by atoms with Crippen molar-refractivity contribution in [3.63, 3.8) is 0 Å². The molecule has 0 saturated carbocycles. The molecule has 2 aromatic heterocycles. The largest absolute Gasteiger partial charge is 0.354 e. The van der Waals surface area contributed by atoms with Gasteiger partial charge in [0.05, 0.1) is 0 Å². The van der Waals surface area contributed by atoms with Gasteiger partial charge in [0.25, 0.3) is 0 Å². The molecule has 2 N–H and O–H groups in total. The summed E-state index contributed by atoms with van der Waals surface area (Å²) in [5, 5.41) is 9.40. The highest BCUT2D eigenvalue weighted by molar-refractivity contribution is 6.30. The number of anilines is 2. The highest BCUT2D eigenvalue weighted by Crippen LogP contribution is 2.22. The summed E-state index contributed by atoms with van der Waals surface area (Å²) in [6, 6.07) is 13.8. The van der Waals surface area contributed by atoms with Gasteiger partial charge in [-0.2, -0.15) is 0 Å². The quantitative estimate of drug-likeness (QED) is 0.764. The van der Waals surface area contributed by atoms with Gasteiger partial charge in [0.1, 0.15) is 5.82 Å². The Kier molecular flexibility index (Phi) is 4.02. The van der Waals surface area contributed by atoms with Crippen molar-refractivity contribution in [2.75, 3.05) is 10.6 Å². The second-order valence-electron chi connectivity index (χ2n) is 4.38. The first kappa shape index (κ1) is 14.1. The molecule has 110 valence electrons. The number of pyridine rings is 1. The molecule has 6 nitrogen and oxygen atoms in total. The monoisotopic (exact) mass is 314 g/mol. The number of nitrogens with one attached hydrogen (secondary N) is 2. The Bertz CT molecular complexity index is 789. The molecule has 0 spiro atoms. The number of nitrogens with zero attached hydrogens (tertiary/aromatic N) is 2. The first-order valence-electron chi connectivity index (χ1n) is 6.42. The Morgan fingerprint density at radius 2 is 1.82 bits per heavy atom. The lowest BCUT2D eigenvalue weighted by Crippen LogP contribution is -2.20. The third-order valence-electron chi connectivity index (χ3n) is 2.77. The molecule has 1 aromatic carbocycles. The van der Waals surface area contributed by atoms with E-state index in [0.717, 1.165) is 5.56 Å². The molecule has 3 rings (SSSR count). The molecule has 0 radical (unpaired) electrons. The molecular weight excluding hydrogens is 304 g/mol. The zero-order valence-electron chi connectivity index (χ0n) is 11.3. The summed E-state index contributed by atoms with van der Waals surface area (Å²) < 4.78 is 5.19. The van der Waals surface area contributed by atoms with E-state index >= 15 is 0 Å². The van der Waals surface area contributed by atoms with Crippen LogP contribution in [0.25, 0.3) is 11.3 Å². The molecule has 7 heteroatoms. The Labute approximate surface area is 131 Å². The molecule has 0 atom stereocenters. The fraction of sp³-hybridized carbons (Fsp3) is 0. The van der Waals surface area contributed by atoms with Gasteiger partial charge in [-0.05, 0) is 12.1 Å². The van der Waals surface area contributed by atoms with Crippen LogP contribution in [0.2, 0.25) is 5.02 Å². The van der Waals surface area contributed by atoms with Crippen LogP contribution < -0.4 is 10.6 Å². The summed E-state index contributed by atoms with van der Waals surface area (Å²) >= 11 is 5.82. The summed E-state index contributed by atoms with van der Waals surface area (Å²) in [6.45, 7) is 0. The lowest BCUT2D eigenvalue weighted by molar-refractivity contribution is 0.262. The maximum absolute atomic E-state index is 11.9. The van der Waals surface area contributed by atoms with E-state index in [0.29, 0.717) is 22.4 Å². The van der Waals surface area contributed by atoms with Gasteiger partial charge in [-0.3, -0.25) is 10.6 Å². The first-order valence-corrected chi connectivity index (χ1v) is 6.80. The summed E-state index contributed by atoms with van der Waals surface area (Å²) in [6.07, 6.45) is 1.50. The van der Waals surface area contributed by atoms with Crippen molar-refractivity contribution in [1.82, 2.24) is 10.1 Å². The van der Waals surface area contributed by atoms with Crippen LogP contribution in [-0.2, 0) is 0 Å². The van der Waals surface area contributed by atoms with E-state index in [1.54, 1.807) is 18.2 Å². The smallest absolute Gasteiger partial charge is 0.326 e. The molecule has 0 aliphatic carbocycles. The molecule has 2 amide bonds. The van der Waals surface area contributed by atoms with Crippen molar-refractivity contribution in [3.05, 3.63) is 59.8 Å². The minimum atomic E-state index is -0.484. The van der Waals surface area contributed by atoms with E-state index in [1.807, 2.05) is 30.3 Å². The normalized spacial score (nSPS) is 10.2. The van der Waals surface area contributed by atoms with E-state index in [4.69, 9.17) is 16.1 Å². The number of urea groups is 1. The van der Waals surface area contributed by atoms with Crippen LogP contribution in [0.3, 0.4) is 0 Å². The molecular formula is C15H11ClN4O2. The zero-order valence-corrected chi connectivity index (χ0v) is 12.0. The van der Waals surface area contributed by atoms with Gasteiger partial charge in [-0.15, -0.1) is 0 Å². The third kappa shape index (κ3) is 3.42. The minimum Gasteiger partial charge on any atom is -0.354 e. The van der Waals surface area contributed by atoms with E-state index in [-0.39, 0.29) is 0 Å². The lowest BCUT2D eigenvalue weighted by atomic mass is 10.2. The molecule has 0 saturated heterocycles. The van der Waals surface area contributed by atoms with Crippen molar-refractivity contribution in [3.8, 4) is 11.3 Å². The van der Waals surface area contributed by atoms with Crippen LogP contribution in [0.4, 0.5) is 16.4 Å². The number of aromatic nitrogens is 2. The average molecular weight is 315 g/mol. The van der Waals surface area contributed by atoms with E-state index < -0.39 is 6.03 Å². The SMILES string of the molecule is O=C(Nc1cc(Cl)ccn1)Nc1cc(-c2ccccc2)on1. The van der Waals surface area contributed by atoms with Crippen molar-refractivity contribution in [2.45, 2.75) is 0 Å². The van der Waals surface area contributed by atoms with Crippen molar-refractivity contribution >= 4 is 29.3 Å². The van der Waals surface area contributed by atoms with Crippen LogP contribution in [0.1, 0.15) is 0 Å². The molecule has 0 bridgehead atoms. The molecule has 0 unspecified atom stereocenters. The Morgan fingerprint density at radius 1 is 1.05 bits per heavy atom. The third-order valence-corrected chi connectivity index (χ3v) is 3.01. The molecule has 0 aliphatic rings. The van der Waals surface area contributed by atoms with E-state index in [1.165, 1.54) is 6.20 Å². The fourth-order valence-corrected chi connectivity index (χ4v) is 1.97. The van der Waals surface area contributed by atoms with Crippen LogP contribution in [0, 0.1) is 0 Å². The topological polar surface area (TPSA) is 80.0 Å². The van der Waals surface area contributed by atoms with E-state index in [9.17, 15) is 4.79 Å². The molecule has 2 heterocycles. The van der Waals surface area contributed by atoms with Gasteiger partial charge in [0.15, 0.2) is 11.6 Å². The van der Waals surface area contributed by atoms with Crippen LogP contribution in [-0.4, -0.2) is 16.2 Å². The van der Waals surface area contributed by atoms with E-state index in [2.05, 4.69) is 20.8 Å². The predicted molar refractivity (Wildman–Crippen MR) is 83.8 cm³/mol. The first-order chi connectivity index (χ1) is 10.7. The number of hydrogen-bond acceptors (Lipinski definition) is 4. The fourth-order valence-electron chi connectivity index (χ4n) is 1.81. The Hall–Kier alpha value is -2.86. The number of halogens is 1.